The van der Waals surface area contributed by atoms with E-state index in [-0.39, 0.29) is 10.6 Å². The molecule has 0 bridgehead atoms. The molecule has 0 spiro atoms. The van der Waals surface area contributed by atoms with Crippen molar-refractivity contribution in [1.29, 1.82) is 0 Å². The Balaban J connectivity index is 1.85. The largest absolute Gasteiger partial charge is 0.297 e. The maximum absolute atomic E-state index is 13.6. The van der Waals surface area contributed by atoms with Crippen molar-refractivity contribution in [2.24, 2.45) is 0 Å². The minimum Gasteiger partial charge on any atom is -0.297 e. The Bertz CT molecular complexity index is 927. The number of nitrogens with one attached hydrogen (secondary N) is 1. The molecule has 1 aliphatic carbocycles. The van der Waals surface area contributed by atoms with Crippen molar-refractivity contribution in [3.8, 4) is 0 Å². The fraction of sp³-hybridized carbons (Fsp3) is 0.250. The van der Waals surface area contributed by atoms with E-state index in [9.17, 15) is 9.18 Å². The van der Waals surface area contributed by atoms with Gasteiger partial charge in [-0.2, -0.15) is 0 Å². The van der Waals surface area contributed by atoms with Crippen molar-refractivity contribution >= 4 is 17.2 Å². The highest BCUT2D eigenvalue weighted by Gasteiger charge is 2.30. The highest BCUT2D eigenvalue weighted by atomic mass is 35.5. The summed E-state index contributed by atoms with van der Waals surface area (Å²) in [5.74, 6) is -0.124. The van der Waals surface area contributed by atoms with Crippen LogP contribution < -0.4 is 5.56 Å². The third-order valence-corrected chi connectivity index (χ3v) is 4.31. The van der Waals surface area contributed by atoms with Gasteiger partial charge in [0.1, 0.15) is 5.82 Å². The molecule has 22 heavy (non-hydrogen) atoms. The van der Waals surface area contributed by atoms with Crippen LogP contribution in [0.2, 0.25) is 5.02 Å². The van der Waals surface area contributed by atoms with E-state index in [0.717, 1.165) is 18.5 Å². The fourth-order valence-electron chi connectivity index (χ4n) is 2.73. The number of aromatic amines is 1. The van der Waals surface area contributed by atoms with Gasteiger partial charge in [-0.25, -0.2) is 13.9 Å². The van der Waals surface area contributed by atoms with Gasteiger partial charge in [-0.1, -0.05) is 17.7 Å². The van der Waals surface area contributed by atoms with Crippen LogP contribution in [0.3, 0.4) is 0 Å². The number of halogens is 2. The lowest BCUT2D eigenvalue weighted by atomic mass is 10.0. The quantitative estimate of drug-likeness (QED) is 0.806. The van der Waals surface area contributed by atoms with Crippen LogP contribution in [-0.4, -0.2) is 14.6 Å². The van der Waals surface area contributed by atoms with Crippen LogP contribution in [-0.2, 0) is 6.42 Å². The number of hydrogen-bond donors (Lipinski definition) is 1. The van der Waals surface area contributed by atoms with Crippen LogP contribution in [0, 0.1) is 5.82 Å². The third-order valence-electron chi connectivity index (χ3n) is 4.00. The van der Waals surface area contributed by atoms with E-state index < -0.39 is 5.82 Å². The Morgan fingerprint density at radius 2 is 2.18 bits per heavy atom. The predicted molar refractivity (Wildman–Crippen MR) is 82.0 cm³/mol. The molecule has 1 aliphatic rings. The summed E-state index contributed by atoms with van der Waals surface area (Å²) >= 11 is 5.71. The Labute approximate surface area is 130 Å². The Hall–Kier alpha value is -2.14. The van der Waals surface area contributed by atoms with Gasteiger partial charge in [0.2, 0.25) is 0 Å². The number of aromatic nitrogens is 3. The van der Waals surface area contributed by atoms with Crippen molar-refractivity contribution in [1.82, 2.24) is 14.6 Å². The molecule has 6 heteroatoms. The fourth-order valence-corrected chi connectivity index (χ4v) is 2.84. The standard InChI is InChI=1S/C16H13ClFN3O/c17-12-4-1-9(8-13(12)18)7-11-15(10-2-3-10)20-14-5-6-19-21(14)16(11)22/h1,4-6,8,10,19H,2-3,7H2. The Morgan fingerprint density at radius 3 is 2.91 bits per heavy atom. The molecule has 0 saturated heterocycles. The average molecular weight is 318 g/mol. The first kappa shape index (κ1) is 13.5. The monoisotopic (exact) mass is 317 g/mol. The van der Waals surface area contributed by atoms with Gasteiger partial charge < -0.3 is 0 Å². The SMILES string of the molecule is O=c1c(Cc2ccc(Cl)c(F)c2)c(C2CC2)nc2cc[nH]n12. The van der Waals surface area contributed by atoms with E-state index in [2.05, 4.69) is 10.1 Å². The molecule has 4 nitrogen and oxygen atoms in total. The van der Waals surface area contributed by atoms with Crippen LogP contribution in [0.4, 0.5) is 4.39 Å². The molecular weight excluding hydrogens is 305 g/mol. The van der Waals surface area contributed by atoms with Crippen LogP contribution in [0.15, 0.2) is 35.3 Å². The summed E-state index contributed by atoms with van der Waals surface area (Å²) < 4.78 is 15.0. The van der Waals surface area contributed by atoms with E-state index in [1.54, 1.807) is 18.3 Å². The van der Waals surface area contributed by atoms with Crippen LogP contribution >= 0.6 is 11.6 Å². The number of fused-ring (bicyclic) bond motifs is 1. The summed E-state index contributed by atoms with van der Waals surface area (Å²) in [7, 11) is 0. The smallest absolute Gasteiger partial charge is 0.276 e. The van der Waals surface area contributed by atoms with E-state index in [4.69, 9.17) is 11.6 Å². The van der Waals surface area contributed by atoms with Gasteiger partial charge in [0.05, 0.1) is 10.7 Å². The molecule has 1 fully saturated rings. The van der Waals surface area contributed by atoms with E-state index in [0.29, 0.717) is 29.1 Å². The van der Waals surface area contributed by atoms with Crippen molar-refractivity contribution in [2.75, 3.05) is 0 Å². The molecule has 112 valence electrons. The summed E-state index contributed by atoms with van der Waals surface area (Å²) in [6.07, 6.45) is 4.14. The normalized spacial score (nSPS) is 14.6. The molecule has 4 rings (SSSR count). The van der Waals surface area contributed by atoms with Gasteiger partial charge in [0.15, 0.2) is 5.65 Å². The van der Waals surface area contributed by atoms with Gasteiger partial charge in [0.25, 0.3) is 5.56 Å². The highest BCUT2D eigenvalue weighted by molar-refractivity contribution is 6.30. The van der Waals surface area contributed by atoms with Gasteiger partial charge in [-0.3, -0.25) is 9.89 Å². The zero-order valence-corrected chi connectivity index (χ0v) is 12.4. The molecule has 0 atom stereocenters. The molecule has 2 heterocycles. The second-order valence-electron chi connectivity index (χ2n) is 5.64. The number of H-pyrrole nitrogens is 1. The molecule has 1 N–H and O–H groups in total. The van der Waals surface area contributed by atoms with Gasteiger partial charge >= 0.3 is 0 Å². The Kier molecular flexibility index (Phi) is 3.04. The van der Waals surface area contributed by atoms with Crippen molar-refractivity contribution in [3.05, 3.63) is 68.5 Å². The number of nitrogens with zero attached hydrogens (tertiary/aromatic N) is 2. The van der Waals surface area contributed by atoms with Crippen LogP contribution in [0.5, 0.6) is 0 Å². The van der Waals surface area contributed by atoms with Gasteiger partial charge in [-0.15, -0.1) is 0 Å². The van der Waals surface area contributed by atoms with Crippen molar-refractivity contribution in [3.63, 3.8) is 0 Å². The topological polar surface area (TPSA) is 50.2 Å². The minimum atomic E-state index is -0.471. The molecule has 0 aliphatic heterocycles. The van der Waals surface area contributed by atoms with Crippen molar-refractivity contribution in [2.45, 2.75) is 25.2 Å². The summed E-state index contributed by atoms with van der Waals surface area (Å²) in [5, 5.41) is 2.95. The first-order valence-electron chi connectivity index (χ1n) is 7.16. The van der Waals surface area contributed by atoms with E-state index in [1.807, 2.05) is 0 Å². The third kappa shape index (κ3) is 2.22. The molecular formula is C16H13ClFN3O. The maximum atomic E-state index is 13.6. The second-order valence-corrected chi connectivity index (χ2v) is 6.04. The average Bonchev–Trinajstić information content (AvgIpc) is 3.23. The number of rotatable bonds is 3. The van der Waals surface area contributed by atoms with Crippen molar-refractivity contribution < 1.29 is 4.39 Å². The zero-order chi connectivity index (χ0) is 15.3. The molecule has 2 aromatic heterocycles. The molecule has 0 radical (unpaired) electrons. The lowest BCUT2D eigenvalue weighted by Crippen LogP contribution is -2.23. The highest BCUT2D eigenvalue weighted by Crippen LogP contribution is 2.40. The summed E-state index contributed by atoms with van der Waals surface area (Å²) in [6, 6.07) is 6.41. The first-order valence-corrected chi connectivity index (χ1v) is 7.54. The summed E-state index contributed by atoms with van der Waals surface area (Å²) in [6.45, 7) is 0. The van der Waals surface area contributed by atoms with Gasteiger partial charge in [0, 0.05) is 30.2 Å². The zero-order valence-electron chi connectivity index (χ0n) is 11.6. The van der Waals surface area contributed by atoms with Crippen LogP contribution in [0.25, 0.3) is 5.65 Å². The summed E-state index contributed by atoms with van der Waals surface area (Å²) in [4.78, 5) is 17.3. The lowest BCUT2D eigenvalue weighted by molar-refractivity contribution is 0.626. The molecule has 0 unspecified atom stereocenters. The lowest BCUT2D eigenvalue weighted by Gasteiger charge is -2.09. The number of hydrogen-bond acceptors (Lipinski definition) is 2. The predicted octanol–water partition coefficient (Wildman–Crippen LogP) is 3.28. The van der Waals surface area contributed by atoms with Crippen LogP contribution in [0.1, 0.15) is 35.6 Å². The van der Waals surface area contributed by atoms with Gasteiger partial charge in [-0.05, 0) is 30.5 Å². The minimum absolute atomic E-state index is 0.0841. The first-order chi connectivity index (χ1) is 10.6. The van der Waals surface area contributed by atoms with E-state index >= 15 is 0 Å². The molecule has 3 aromatic rings. The summed E-state index contributed by atoms with van der Waals surface area (Å²) in [5.41, 5.74) is 2.70. The van der Waals surface area contributed by atoms with E-state index in [1.165, 1.54) is 16.6 Å². The second kappa shape index (κ2) is 4.95. The number of benzene rings is 1. The molecule has 0 amide bonds. The molecule has 1 saturated carbocycles. The maximum Gasteiger partial charge on any atom is 0.276 e. The molecule has 1 aromatic carbocycles. The Morgan fingerprint density at radius 1 is 1.36 bits per heavy atom.